The molecule has 0 N–H and O–H groups in total. The van der Waals surface area contributed by atoms with Gasteiger partial charge in [0.1, 0.15) is 5.82 Å². The van der Waals surface area contributed by atoms with E-state index in [1.54, 1.807) is 6.07 Å². The van der Waals surface area contributed by atoms with Gasteiger partial charge in [0.05, 0.1) is 6.04 Å². The summed E-state index contributed by atoms with van der Waals surface area (Å²) in [6.07, 6.45) is 2.60. The normalized spacial score (nSPS) is 22.3. The fourth-order valence-corrected chi connectivity index (χ4v) is 5.78. The van der Waals surface area contributed by atoms with E-state index < -0.39 is 0 Å². The van der Waals surface area contributed by atoms with E-state index >= 15 is 0 Å². The number of piperidine rings is 1. The van der Waals surface area contributed by atoms with E-state index in [1.807, 2.05) is 36.1 Å². The summed E-state index contributed by atoms with van der Waals surface area (Å²) >= 11 is 12.4. The fraction of sp³-hybridized carbons (Fsp3) is 0.458. The van der Waals surface area contributed by atoms with Gasteiger partial charge in [-0.05, 0) is 87.8 Å². The molecule has 0 saturated carbocycles. The van der Waals surface area contributed by atoms with Crippen LogP contribution in [-0.2, 0) is 10.2 Å². The maximum atomic E-state index is 13.7. The van der Waals surface area contributed by atoms with Crippen molar-refractivity contribution >= 4 is 41.5 Å². The van der Waals surface area contributed by atoms with Gasteiger partial charge < -0.3 is 9.80 Å². The van der Waals surface area contributed by atoms with E-state index in [-0.39, 0.29) is 41.5 Å². The zero-order valence-corrected chi connectivity index (χ0v) is 20.1. The molecule has 2 fully saturated rings. The third-order valence-electron chi connectivity index (χ3n) is 7.04. The molecular weight excluding hydrogens is 458 g/mol. The van der Waals surface area contributed by atoms with Crippen LogP contribution >= 0.6 is 35.6 Å². The highest BCUT2D eigenvalue weighted by molar-refractivity contribution is 6.34. The predicted molar refractivity (Wildman–Crippen MR) is 127 cm³/mol. The van der Waals surface area contributed by atoms with Crippen LogP contribution in [-0.4, -0.2) is 42.4 Å². The molecule has 2 saturated heterocycles. The molecule has 1 amide bonds. The SMILES string of the molecule is CC(c1cc(Cl)cc(Cl)c1)N1CCC(C2(c3ccc(F)cc3)CCN(C)CC2)C1=O.Cl. The minimum Gasteiger partial charge on any atom is -0.336 e. The van der Waals surface area contributed by atoms with Crippen molar-refractivity contribution in [2.45, 2.75) is 37.6 Å². The van der Waals surface area contributed by atoms with Gasteiger partial charge in [0.2, 0.25) is 5.91 Å². The summed E-state index contributed by atoms with van der Waals surface area (Å²) in [6.45, 7) is 4.59. The standard InChI is InChI=1S/C24H27Cl2FN2O.ClH/c1-16(17-13-19(25)15-20(26)14-17)29-10-7-22(23(29)30)24(8-11-28(2)12-9-24)18-3-5-21(27)6-4-18;/h3-6,13-16,22H,7-12H2,1-2H3;1H. The van der Waals surface area contributed by atoms with Gasteiger partial charge in [-0.25, -0.2) is 4.39 Å². The van der Waals surface area contributed by atoms with E-state index in [0.717, 1.165) is 43.5 Å². The third kappa shape index (κ3) is 4.73. The van der Waals surface area contributed by atoms with E-state index in [4.69, 9.17) is 23.2 Å². The molecule has 168 valence electrons. The van der Waals surface area contributed by atoms with Crippen molar-refractivity contribution in [2.24, 2.45) is 5.92 Å². The smallest absolute Gasteiger partial charge is 0.227 e. The van der Waals surface area contributed by atoms with Crippen LogP contribution in [0.5, 0.6) is 0 Å². The van der Waals surface area contributed by atoms with Crippen LogP contribution in [0.1, 0.15) is 43.4 Å². The van der Waals surface area contributed by atoms with Gasteiger partial charge in [0, 0.05) is 27.9 Å². The summed E-state index contributed by atoms with van der Waals surface area (Å²) in [4.78, 5) is 17.9. The van der Waals surface area contributed by atoms with Gasteiger partial charge in [-0.15, -0.1) is 12.4 Å². The molecule has 0 aromatic heterocycles. The first-order chi connectivity index (χ1) is 14.3. The number of hydrogen-bond donors (Lipinski definition) is 0. The number of nitrogens with zero attached hydrogens (tertiary/aromatic N) is 2. The van der Waals surface area contributed by atoms with Crippen molar-refractivity contribution in [1.29, 1.82) is 0 Å². The van der Waals surface area contributed by atoms with Crippen molar-refractivity contribution in [3.05, 3.63) is 69.5 Å². The maximum absolute atomic E-state index is 13.7. The summed E-state index contributed by atoms with van der Waals surface area (Å²) in [5, 5.41) is 1.15. The predicted octanol–water partition coefficient (Wildman–Crippen LogP) is 6.13. The monoisotopic (exact) mass is 484 g/mol. The Labute approximate surface area is 199 Å². The van der Waals surface area contributed by atoms with E-state index in [9.17, 15) is 9.18 Å². The molecule has 3 nitrogen and oxygen atoms in total. The maximum Gasteiger partial charge on any atom is 0.227 e. The quantitative estimate of drug-likeness (QED) is 0.520. The first-order valence-electron chi connectivity index (χ1n) is 10.5. The minimum atomic E-state index is -0.252. The lowest BCUT2D eigenvalue weighted by atomic mass is 9.64. The second-order valence-corrected chi connectivity index (χ2v) is 9.59. The Morgan fingerprint density at radius 1 is 1.03 bits per heavy atom. The number of carbonyl (C=O) groups is 1. The highest BCUT2D eigenvalue weighted by atomic mass is 35.5. The summed E-state index contributed by atoms with van der Waals surface area (Å²) in [5.41, 5.74) is 1.77. The number of amides is 1. The van der Waals surface area contributed by atoms with Crippen LogP contribution in [0.2, 0.25) is 10.0 Å². The van der Waals surface area contributed by atoms with Gasteiger partial charge in [-0.2, -0.15) is 0 Å². The Balaban J connectivity index is 0.00000272. The zero-order chi connectivity index (χ0) is 21.5. The number of likely N-dealkylation sites (tertiary alicyclic amines) is 2. The molecule has 4 rings (SSSR count). The largest absolute Gasteiger partial charge is 0.336 e. The second kappa shape index (κ2) is 9.66. The molecule has 2 aliphatic rings. The zero-order valence-electron chi connectivity index (χ0n) is 17.8. The lowest BCUT2D eigenvalue weighted by molar-refractivity contribution is -0.135. The number of benzene rings is 2. The lowest BCUT2D eigenvalue weighted by Crippen LogP contribution is -2.48. The summed E-state index contributed by atoms with van der Waals surface area (Å²) < 4.78 is 13.6. The van der Waals surface area contributed by atoms with Crippen molar-refractivity contribution < 1.29 is 9.18 Å². The third-order valence-corrected chi connectivity index (χ3v) is 7.48. The van der Waals surface area contributed by atoms with Gasteiger partial charge >= 0.3 is 0 Å². The van der Waals surface area contributed by atoms with Crippen LogP contribution in [0, 0.1) is 11.7 Å². The number of halogens is 4. The minimum absolute atomic E-state index is 0. The number of carbonyl (C=O) groups excluding carboxylic acids is 1. The van der Waals surface area contributed by atoms with Gasteiger partial charge in [-0.1, -0.05) is 35.3 Å². The van der Waals surface area contributed by atoms with Crippen LogP contribution in [0.25, 0.3) is 0 Å². The van der Waals surface area contributed by atoms with E-state index in [1.165, 1.54) is 12.1 Å². The first-order valence-corrected chi connectivity index (χ1v) is 11.3. The molecule has 2 aliphatic heterocycles. The highest BCUT2D eigenvalue weighted by Crippen LogP contribution is 2.47. The van der Waals surface area contributed by atoms with E-state index in [2.05, 4.69) is 11.9 Å². The second-order valence-electron chi connectivity index (χ2n) is 8.72. The molecule has 2 atom stereocenters. The molecule has 2 aromatic carbocycles. The Kier molecular flexibility index (Phi) is 7.58. The molecule has 2 aromatic rings. The average Bonchev–Trinajstić information content (AvgIpc) is 3.10. The van der Waals surface area contributed by atoms with Gasteiger partial charge in [0.25, 0.3) is 0 Å². The van der Waals surface area contributed by atoms with Crippen LogP contribution in [0.4, 0.5) is 4.39 Å². The molecule has 0 bridgehead atoms. The van der Waals surface area contributed by atoms with E-state index in [0.29, 0.717) is 16.6 Å². The molecule has 2 unspecified atom stereocenters. The Bertz CT molecular complexity index is 909. The Hall–Kier alpha value is -1.33. The summed E-state index contributed by atoms with van der Waals surface area (Å²) in [5.74, 6) is -0.172. The van der Waals surface area contributed by atoms with Crippen molar-refractivity contribution in [3.8, 4) is 0 Å². The molecule has 0 aliphatic carbocycles. The molecular formula is C24H28Cl3FN2O. The summed E-state index contributed by atoms with van der Waals surface area (Å²) in [7, 11) is 2.11. The van der Waals surface area contributed by atoms with Gasteiger partial charge in [-0.3, -0.25) is 4.79 Å². The molecule has 7 heteroatoms. The van der Waals surface area contributed by atoms with Gasteiger partial charge in [0.15, 0.2) is 0 Å². The van der Waals surface area contributed by atoms with Crippen LogP contribution in [0.15, 0.2) is 42.5 Å². The Morgan fingerprint density at radius 3 is 2.19 bits per heavy atom. The van der Waals surface area contributed by atoms with Crippen molar-refractivity contribution in [3.63, 3.8) is 0 Å². The fourth-order valence-electron chi connectivity index (χ4n) is 5.23. The lowest BCUT2D eigenvalue weighted by Gasteiger charge is -2.44. The van der Waals surface area contributed by atoms with Crippen LogP contribution in [0.3, 0.4) is 0 Å². The van der Waals surface area contributed by atoms with Crippen LogP contribution < -0.4 is 0 Å². The first kappa shape index (κ1) is 24.3. The molecule has 0 spiro atoms. The average molecular weight is 486 g/mol. The molecule has 2 heterocycles. The Morgan fingerprint density at radius 2 is 1.61 bits per heavy atom. The molecule has 0 radical (unpaired) electrons. The number of hydrogen-bond acceptors (Lipinski definition) is 2. The number of rotatable bonds is 4. The van der Waals surface area contributed by atoms with Crippen molar-refractivity contribution in [1.82, 2.24) is 9.80 Å². The topological polar surface area (TPSA) is 23.6 Å². The van der Waals surface area contributed by atoms with Crippen molar-refractivity contribution in [2.75, 3.05) is 26.7 Å². The molecule has 31 heavy (non-hydrogen) atoms. The highest BCUT2D eigenvalue weighted by Gasteiger charge is 2.50. The summed E-state index contributed by atoms with van der Waals surface area (Å²) in [6, 6.07) is 12.1.